The third-order valence-corrected chi connectivity index (χ3v) is 7.93. The Labute approximate surface area is 201 Å². The van der Waals surface area contributed by atoms with Crippen LogP contribution in [-0.4, -0.2) is 45.6 Å². The minimum absolute atomic E-state index is 0.00373. The first-order valence-electron chi connectivity index (χ1n) is 10.8. The maximum Gasteiger partial charge on any atom is 0.236 e. The molecule has 1 aromatic heterocycles. The van der Waals surface area contributed by atoms with Gasteiger partial charge >= 0.3 is 0 Å². The molecule has 5 rings (SSSR count). The zero-order valence-corrected chi connectivity index (χ0v) is 19.6. The van der Waals surface area contributed by atoms with E-state index in [1.165, 1.54) is 12.1 Å². The number of sulfone groups is 1. The number of rotatable bonds is 5. The van der Waals surface area contributed by atoms with Crippen LogP contribution in [0.4, 0.5) is 5.88 Å². The molecule has 0 atom stereocenters. The van der Waals surface area contributed by atoms with Crippen LogP contribution in [0.2, 0.25) is 5.02 Å². The van der Waals surface area contributed by atoms with Gasteiger partial charge in [0.15, 0.2) is 11.5 Å². The number of amides is 1. The summed E-state index contributed by atoms with van der Waals surface area (Å²) >= 11 is 6.33. The third kappa shape index (κ3) is 4.07. The third-order valence-electron chi connectivity index (χ3n) is 5.95. The quantitative estimate of drug-likeness (QED) is 0.562. The first-order valence-corrected chi connectivity index (χ1v) is 12.7. The maximum atomic E-state index is 13.7. The Hall–Kier alpha value is -3.24. The maximum absolute atomic E-state index is 13.7. The summed E-state index contributed by atoms with van der Waals surface area (Å²) in [5.74, 6) is 0.404. The number of fused-ring (bicyclic) bond motifs is 1. The molecule has 1 fully saturated rings. The molecule has 9 nitrogen and oxygen atoms in total. The molecular weight excluding hydrogens is 482 g/mol. The highest BCUT2D eigenvalue weighted by Gasteiger charge is 2.35. The fraction of sp³-hybridized carbons (Fsp3) is 0.304. The van der Waals surface area contributed by atoms with Crippen molar-refractivity contribution >= 4 is 33.2 Å². The minimum atomic E-state index is -4.10. The van der Waals surface area contributed by atoms with Crippen molar-refractivity contribution in [2.24, 2.45) is 11.7 Å². The van der Waals surface area contributed by atoms with Crippen molar-refractivity contribution in [3.05, 3.63) is 47.5 Å². The van der Waals surface area contributed by atoms with Crippen molar-refractivity contribution < 1.29 is 27.1 Å². The van der Waals surface area contributed by atoms with Gasteiger partial charge in [-0.2, -0.15) is 4.98 Å². The molecule has 0 aliphatic carbocycles. The van der Waals surface area contributed by atoms with Gasteiger partial charge in [0.1, 0.15) is 13.2 Å². The summed E-state index contributed by atoms with van der Waals surface area (Å²) in [6, 6.07) is 11.3. The summed E-state index contributed by atoms with van der Waals surface area (Å²) in [7, 11) is -4.10. The van der Waals surface area contributed by atoms with Gasteiger partial charge in [0.25, 0.3) is 0 Å². The minimum Gasteiger partial charge on any atom is -0.486 e. The van der Waals surface area contributed by atoms with Crippen molar-refractivity contribution in [2.45, 2.75) is 22.8 Å². The average molecular weight is 504 g/mol. The Bertz CT molecular complexity index is 1350. The second kappa shape index (κ2) is 8.84. The number of nitrogens with two attached hydrogens (primary N) is 1. The van der Waals surface area contributed by atoms with E-state index in [0.29, 0.717) is 61.2 Å². The van der Waals surface area contributed by atoms with Crippen LogP contribution in [0.5, 0.6) is 11.5 Å². The lowest BCUT2D eigenvalue weighted by atomic mass is 9.96. The highest BCUT2D eigenvalue weighted by atomic mass is 35.5. The van der Waals surface area contributed by atoms with Crippen molar-refractivity contribution in [1.82, 2.24) is 4.98 Å². The van der Waals surface area contributed by atoms with E-state index in [2.05, 4.69) is 4.98 Å². The number of nitrogens with zero attached hydrogens (tertiary/aromatic N) is 2. The van der Waals surface area contributed by atoms with Crippen LogP contribution in [0.15, 0.2) is 56.8 Å². The number of primary amides is 1. The van der Waals surface area contributed by atoms with E-state index in [4.69, 9.17) is 31.2 Å². The van der Waals surface area contributed by atoms with Gasteiger partial charge in [-0.1, -0.05) is 23.7 Å². The van der Waals surface area contributed by atoms with E-state index in [1.807, 2.05) is 0 Å². The van der Waals surface area contributed by atoms with E-state index in [9.17, 15) is 13.2 Å². The highest BCUT2D eigenvalue weighted by molar-refractivity contribution is 7.91. The standard InChI is InChI=1S/C23H22ClN3O6S/c24-17-4-2-1-3-16(17)21-26-22(23(33-21)27-9-7-14(8-10-27)20(25)28)34(29,30)15-5-6-18-19(13-15)32-12-11-31-18/h1-6,13-14H,7-12H2,(H2,25,28). The normalized spacial score (nSPS) is 16.4. The van der Waals surface area contributed by atoms with Crippen LogP contribution in [0.1, 0.15) is 12.8 Å². The van der Waals surface area contributed by atoms with Gasteiger partial charge in [-0.3, -0.25) is 4.79 Å². The molecule has 2 N–H and O–H groups in total. The molecule has 0 spiro atoms. The number of benzene rings is 2. The molecule has 1 amide bonds. The number of ether oxygens (including phenoxy) is 2. The zero-order chi connectivity index (χ0) is 23.9. The summed E-state index contributed by atoms with van der Waals surface area (Å²) in [6.45, 7) is 1.52. The molecule has 2 aliphatic rings. The largest absolute Gasteiger partial charge is 0.486 e. The Morgan fingerprint density at radius 3 is 2.47 bits per heavy atom. The van der Waals surface area contributed by atoms with Crippen LogP contribution in [0, 0.1) is 5.92 Å². The summed E-state index contributed by atoms with van der Waals surface area (Å²) in [6.07, 6.45) is 0.974. The smallest absolute Gasteiger partial charge is 0.236 e. The molecule has 178 valence electrons. The summed E-state index contributed by atoms with van der Waals surface area (Å²) < 4.78 is 44.5. The lowest BCUT2D eigenvalue weighted by Gasteiger charge is -2.30. The number of anilines is 1. The second-order valence-electron chi connectivity index (χ2n) is 8.08. The molecule has 1 saturated heterocycles. The Morgan fingerprint density at radius 2 is 1.76 bits per heavy atom. The second-order valence-corrected chi connectivity index (χ2v) is 10.4. The molecule has 0 unspecified atom stereocenters. The van der Waals surface area contributed by atoms with Gasteiger partial charge in [0.2, 0.25) is 32.5 Å². The van der Waals surface area contributed by atoms with Gasteiger partial charge in [-0.15, -0.1) is 0 Å². The monoisotopic (exact) mass is 503 g/mol. The van der Waals surface area contributed by atoms with Crippen LogP contribution < -0.4 is 20.1 Å². The van der Waals surface area contributed by atoms with Crippen molar-refractivity contribution in [1.29, 1.82) is 0 Å². The number of hydrogen-bond acceptors (Lipinski definition) is 8. The van der Waals surface area contributed by atoms with Crippen LogP contribution in [0.3, 0.4) is 0 Å². The van der Waals surface area contributed by atoms with E-state index in [-0.39, 0.29) is 33.5 Å². The molecule has 2 aromatic carbocycles. The van der Waals surface area contributed by atoms with Crippen molar-refractivity contribution in [2.75, 3.05) is 31.2 Å². The molecule has 0 saturated carbocycles. The lowest BCUT2D eigenvalue weighted by Crippen LogP contribution is -2.38. The predicted molar refractivity (Wildman–Crippen MR) is 124 cm³/mol. The molecule has 34 heavy (non-hydrogen) atoms. The molecule has 0 bridgehead atoms. The van der Waals surface area contributed by atoms with Gasteiger partial charge < -0.3 is 24.5 Å². The summed E-state index contributed by atoms with van der Waals surface area (Å²) in [5.41, 5.74) is 5.93. The molecule has 3 heterocycles. The van der Waals surface area contributed by atoms with E-state index < -0.39 is 9.84 Å². The fourth-order valence-corrected chi connectivity index (χ4v) is 5.65. The number of piperidine rings is 1. The van der Waals surface area contributed by atoms with Crippen molar-refractivity contribution in [3.63, 3.8) is 0 Å². The highest BCUT2D eigenvalue weighted by Crippen LogP contribution is 2.40. The average Bonchev–Trinajstić information content (AvgIpc) is 3.30. The number of halogens is 1. The molecule has 11 heteroatoms. The SMILES string of the molecule is NC(=O)C1CCN(c2oc(-c3ccccc3Cl)nc2S(=O)(=O)c2ccc3c(c2)OCCO3)CC1. The first-order chi connectivity index (χ1) is 16.3. The first kappa shape index (κ1) is 22.5. The van der Waals surface area contributed by atoms with Crippen LogP contribution in [-0.2, 0) is 14.6 Å². The van der Waals surface area contributed by atoms with Gasteiger partial charge in [-0.05, 0) is 37.1 Å². The molecule has 0 radical (unpaired) electrons. The topological polar surface area (TPSA) is 125 Å². The number of aromatic nitrogens is 1. The molecule has 3 aromatic rings. The Balaban J connectivity index is 1.59. The zero-order valence-electron chi connectivity index (χ0n) is 18.1. The molecular formula is C23H22ClN3O6S. The predicted octanol–water partition coefficient (Wildman–Crippen LogP) is 3.30. The number of oxazole rings is 1. The van der Waals surface area contributed by atoms with Crippen LogP contribution in [0.25, 0.3) is 11.5 Å². The Kier molecular flexibility index (Phi) is 5.86. The number of carbonyl (C=O) groups excluding carboxylic acids is 1. The summed E-state index contributed by atoms with van der Waals surface area (Å²) in [5, 5.41) is 0.155. The van der Waals surface area contributed by atoms with E-state index in [1.54, 1.807) is 35.2 Å². The van der Waals surface area contributed by atoms with Gasteiger partial charge in [-0.25, -0.2) is 8.42 Å². The van der Waals surface area contributed by atoms with Crippen LogP contribution >= 0.6 is 11.6 Å². The van der Waals surface area contributed by atoms with Gasteiger partial charge in [0.05, 0.1) is 15.5 Å². The van der Waals surface area contributed by atoms with E-state index >= 15 is 0 Å². The lowest BCUT2D eigenvalue weighted by molar-refractivity contribution is -0.122. The number of hydrogen-bond donors (Lipinski definition) is 1. The number of carbonyl (C=O) groups is 1. The van der Waals surface area contributed by atoms with E-state index in [0.717, 1.165) is 0 Å². The van der Waals surface area contributed by atoms with Crippen molar-refractivity contribution in [3.8, 4) is 23.0 Å². The summed E-state index contributed by atoms with van der Waals surface area (Å²) in [4.78, 5) is 17.8. The fourth-order valence-electron chi connectivity index (χ4n) is 4.09. The van der Waals surface area contributed by atoms with Gasteiger partial charge in [0, 0.05) is 25.1 Å². The molecule has 2 aliphatic heterocycles. The Morgan fingerprint density at radius 1 is 1.06 bits per heavy atom.